The van der Waals surface area contributed by atoms with Crippen molar-refractivity contribution in [3.05, 3.63) is 73.7 Å². The van der Waals surface area contributed by atoms with Crippen LogP contribution < -0.4 is 16.4 Å². The molecule has 2 aromatic carbocycles. The van der Waals surface area contributed by atoms with Crippen molar-refractivity contribution in [1.82, 2.24) is 20.4 Å². The van der Waals surface area contributed by atoms with Gasteiger partial charge in [0.15, 0.2) is 4.77 Å². The van der Waals surface area contributed by atoms with Crippen LogP contribution in [0.1, 0.15) is 36.0 Å². The molecule has 0 unspecified atom stereocenters. The van der Waals surface area contributed by atoms with Crippen LogP contribution in [0.3, 0.4) is 0 Å². The highest BCUT2D eigenvalue weighted by Crippen LogP contribution is 2.10. The second kappa shape index (κ2) is 10.3. The highest BCUT2D eigenvalue weighted by molar-refractivity contribution is 9.10. The van der Waals surface area contributed by atoms with Crippen LogP contribution in [0.15, 0.2) is 57.8 Å². The lowest BCUT2D eigenvalue weighted by molar-refractivity contribution is -0.122. The number of para-hydroxylation sites is 1. The minimum Gasteiger partial charge on any atom is -0.332 e. The van der Waals surface area contributed by atoms with Gasteiger partial charge in [-0.3, -0.25) is 29.8 Å². The van der Waals surface area contributed by atoms with Gasteiger partial charge in [0.1, 0.15) is 0 Å². The van der Waals surface area contributed by atoms with Gasteiger partial charge in [-0.2, -0.15) is 0 Å². The van der Waals surface area contributed by atoms with E-state index in [0.717, 1.165) is 16.4 Å². The first-order chi connectivity index (χ1) is 14.5. The van der Waals surface area contributed by atoms with Crippen molar-refractivity contribution in [1.29, 1.82) is 0 Å². The van der Waals surface area contributed by atoms with Gasteiger partial charge >= 0.3 is 0 Å². The predicted octanol–water partition coefficient (Wildman–Crippen LogP) is 3.84. The third kappa shape index (κ3) is 5.64. The molecule has 30 heavy (non-hydrogen) atoms. The zero-order valence-electron chi connectivity index (χ0n) is 16.1. The molecule has 0 atom stereocenters. The Balaban J connectivity index is 1.41. The number of hydrogen-bond donors (Lipinski definition) is 3. The average molecular weight is 489 g/mol. The van der Waals surface area contributed by atoms with Crippen LogP contribution in [0.5, 0.6) is 0 Å². The van der Waals surface area contributed by atoms with Crippen molar-refractivity contribution >= 4 is 50.9 Å². The molecule has 0 aliphatic heterocycles. The van der Waals surface area contributed by atoms with E-state index in [1.165, 1.54) is 0 Å². The van der Waals surface area contributed by atoms with E-state index in [1.807, 2.05) is 18.2 Å². The lowest BCUT2D eigenvalue weighted by Crippen LogP contribution is -2.41. The zero-order chi connectivity index (χ0) is 21.5. The molecule has 2 amide bonds. The average Bonchev–Trinajstić information content (AvgIpc) is 2.74. The minimum absolute atomic E-state index is 0.109. The first-order valence-corrected chi connectivity index (χ1v) is 10.7. The number of unbranched alkanes of at least 4 members (excludes halogenated alkanes) is 2. The van der Waals surface area contributed by atoms with Gasteiger partial charge in [-0.05, 0) is 61.5 Å². The lowest BCUT2D eigenvalue weighted by atomic mass is 10.2. The van der Waals surface area contributed by atoms with Crippen molar-refractivity contribution in [3.63, 3.8) is 0 Å². The van der Waals surface area contributed by atoms with Crippen molar-refractivity contribution < 1.29 is 9.59 Å². The Morgan fingerprint density at radius 2 is 1.73 bits per heavy atom. The molecule has 0 fully saturated rings. The van der Waals surface area contributed by atoms with Crippen molar-refractivity contribution in [2.45, 2.75) is 32.2 Å². The van der Waals surface area contributed by atoms with Crippen molar-refractivity contribution in [2.75, 3.05) is 0 Å². The number of aromatic nitrogens is 2. The fourth-order valence-corrected chi connectivity index (χ4v) is 3.55. The number of nitrogens with one attached hydrogen (secondary N) is 3. The standard InChI is InChI=1S/C21H21BrN4O3S/c22-15-11-9-14(10-12-15)19(28)25-24-18(27)8-2-1-5-13-26-20(29)16-6-3-4-7-17(16)23-21(26)30/h3-4,6-7,9-12H,1-2,5,8,13H2,(H,23,30)(H,24,27)(H,25,28). The number of amides is 2. The number of benzene rings is 2. The Hall–Kier alpha value is -2.78. The lowest BCUT2D eigenvalue weighted by Gasteiger charge is -2.09. The predicted molar refractivity (Wildman–Crippen MR) is 122 cm³/mol. The third-order valence-electron chi connectivity index (χ3n) is 4.60. The van der Waals surface area contributed by atoms with E-state index in [2.05, 4.69) is 31.8 Å². The monoisotopic (exact) mass is 488 g/mol. The fraction of sp³-hybridized carbons (Fsp3) is 0.238. The number of hydrazine groups is 1. The number of aromatic amines is 1. The van der Waals surface area contributed by atoms with E-state index in [9.17, 15) is 14.4 Å². The number of halogens is 1. The van der Waals surface area contributed by atoms with E-state index < -0.39 is 0 Å². The molecule has 3 rings (SSSR count). The number of hydrogen-bond acceptors (Lipinski definition) is 4. The molecule has 7 nitrogen and oxygen atoms in total. The molecule has 0 spiro atoms. The van der Waals surface area contributed by atoms with Gasteiger partial charge in [-0.1, -0.05) is 34.5 Å². The van der Waals surface area contributed by atoms with Crippen LogP contribution in [0.25, 0.3) is 10.9 Å². The van der Waals surface area contributed by atoms with E-state index in [1.54, 1.807) is 34.9 Å². The normalized spacial score (nSPS) is 10.7. The smallest absolute Gasteiger partial charge is 0.269 e. The van der Waals surface area contributed by atoms with Gasteiger partial charge in [-0.25, -0.2) is 0 Å². The van der Waals surface area contributed by atoms with Crippen LogP contribution in [0, 0.1) is 4.77 Å². The molecule has 0 aliphatic carbocycles. The largest absolute Gasteiger partial charge is 0.332 e. The minimum atomic E-state index is -0.374. The Bertz CT molecular complexity index is 1170. The molecule has 9 heteroatoms. The number of rotatable bonds is 7. The third-order valence-corrected chi connectivity index (χ3v) is 5.45. The summed E-state index contributed by atoms with van der Waals surface area (Å²) in [6, 6.07) is 14.1. The maximum absolute atomic E-state index is 12.6. The van der Waals surface area contributed by atoms with Crippen LogP contribution in [0.4, 0.5) is 0 Å². The molecule has 1 aromatic heterocycles. The number of carbonyl (C=O) groups excluding carboxylic acids is 2. The van der Waals surface area contributed by atoms with E-state index in [4.69, 9.17) is 12.2 Å². The topological polar surface area (TPSA) is 96.0 Å². The molecule has 3 aromatic rings. The molecule has 3 N–H and O–H groups in total. The molecule has 0 bridgehead atoms. The van der Waals surface area contributed by atoms with Gasteiger partial charge in [0.2, 0.25) is 5.91 Å². The van der Waals surface area contributed by atoms with Gasteiger partial charge in [-0.15, -0.1) is 0 Å². The molecular formula is C21H21BrN4O3S. The summed E-state index contributed by atoms with van der Waals surface area (Å²) >= 11 is 8.60. The first kappa shape index (κ1) is 21.9. The van der Waals surface area contributed by atoms with Gasteiger partial charge in [0, 0.05) is 23.0 Å². The second-order valence-electron chi connectivity index (χ2n) is 6.75. The summed E-state index contributed by atoms with van der Waals surface area (Å²) in [5.41, 5.74) is 5.89. The van der Waals surface area contributed by atoms with Gasteiger partial charge < -0.3 is 4.98 Å². The Kier molecular flexibility index (Phi) is 7.53. The summed E-state index contributed by atoms with van der Waals surface area (Å²) in [4.78, 5) is 39.5. The second-order valence-corrected chi connectivity index (χ2v) is 8.05. The molecule has 0 saturated carbocycles. The maximum atomic E-state index is 12.6. The van der Waals surface area contributed by atoms with Gasteiger partial charge in [0.05, 0.1) is 10.9 Å². The van der Waals surface area contributed by atoms with Crippen molar-refractivity contribution in [2.24, 2.45) is 0 Å². The Morgan fingerprint density at radius 1 is 1.00 bits per heavy atom. The van der Waals surface area contributed by atoms with Crippen LogP contribution in [0.2, 0.25) is 0 Å². The molecular weight excluding hydrogens is 468 g/mol. The molecule has 0 saturated heterocycles. The molecule has 0 radical (unpaired) electrons. The van der Waals surface area contributed by atoms with Crippen LogP contribution >= 0.6 is 28.1 Å². The molecule has 1 heterocycles. The number of fused-ring (bicyclic) bond motifs is 1. The van der Waals surface area contributed by atoms with E-state index >= 15 is 0 Å². The maximum Gasteiger partial charge on any atom is 0.269 e. The quantitative estimate of drug-likeness (QED) is 0.267. The summed E-state index contributed by atoms with van der Waals surface area (Å²) in [7, 11) is 0. The zero-order valence-corrected chi connectivity index (χ0v) is 18.5. The first-order valence-electron chi connectivity index (χ1n) is 9.52. The van der Waals surface area contributed by atoms with Crippen LogP contribution in [-0.2, 0) is 11.3 Å². The molecule has 0 aliphatic rings. The number of carbonyl (C=O) groups is 2. The number of H-pyrrole nitrogens is 1. The fourth-order valence-electron chi connectivity index (χ4n) is 3.00. The van der Waals surface area contributed by atoms with Gasteiger partial charge in [0.25, 0.3) is 11.5 Å². The molecule has 156 valence electrons. The van der Waals surface area contributed by atoms with E-state index in [-0.39, 0.29) is 23.8 Å². The Labute approximate surface area is 186 Å². The summed E-state index contributed by atoms with van der Waals surface area (Å²) in [6.45, 7) is 0.487. The summed E-state index contributed by atoms with van der Waals surface area (Å²) in [5, 5.41) is 0.604. The summed E-state index contributed by atoms with van der Waals surface area (Å²) in [5.74, 6) is -0.638. The van der Waals surface area contributed by atoms with Crippen molar-refractivity contribution in [3.8, 4) is 0 Å². The Morgan fingerprint density at radius 3 is 2.50 bits per heavy atom. The summed E-state index contributed by atoms with van der Waals surface area (Å²) in [6.07, 6.45) is 2.38. The number of nitrogens with zero attached hydrogens (tertiary/aromatic N) is 1. The summed E-state index contributed by atoms with van der Waals surface area (Å²) < 4.78 is 2.82. The highest BCUT2D eigenvalue weighted by Gasteiger charge is 2.08. The van der Waals surface area contributed by atoms with E-state index in [0.29, 0.717) is 35.1 Å². The SMILES string of the molecule is O=C(CCCCCn1c(=S)[nH]c2ccccc2c1=O)NNC(=O)c1ccc(Br)cc1. The van der Waals surface area contributed by atoms with Crippen LogP contribution in [-0.4, -0.2) is 21.4 Å². The highest BCUT2D eigenvalue weighted by atomic mass is 79.9.